The van der Waals surface area contributed by atoms with Crippen LogP contribution in [0.3, 0.4) is 0 Å². The second-order valence-corrected chi connectivity index (χ2v) is 3.95. The highest BCUT2D eigenvalue weighted by Crippen LogP contribution is 2.13. The number of methoxy groups -OCH3 is 1. The molecule has 0 aromatic rings. The quantitative estimate of drug-likeness (QED) is 0.395. The minimum absolute atomic E-state index is 0.403. The van der Waals surface area contributed by atoms with Crippen LogP contribution in [0.25, 0.3) is 0 Å². The van der Waals surface area contributed by atoms with Crippen molar-refractivity contribution in [2.45, 2.75) is 58.5 Å². The van der Waals surface area contributed by atoms with Crippen molar-refractivity contribution < 1.29 is 14.6 Å². The summed E-state index contributed by atoms with van der Waals surface area (Å²) in [7, 11) is 1.35. The monoisotopic (exact) mass is 228 g/mol. The maximum Gasteiger partial charge on any atom is 0.336 e. The minimum Gasteiger partial charge on any atom is -0.466 e. The minimum atomic E-state index is -0.677. The van der Waals surface area contributed by atoms with Gasteiger partial charge in [-0.1, -0.05) is 45.6 Å². The lowest BCUT2D eigenvalue weighted by molar-refractivity contribution is -0.137. The van der Waals surface area contributed by atoms with Crippen LogP contribution in [-0.4, -0.2) is 24.3 Å². The van der Waals surface area contributed by atoms with Crippen molar-refractivity contribution in [1.29, 1.82) is 0 Å². The third kappa shape index (κ3) is 5.91. The molecule has 0 spiro atoms. The molecular formula is C13H24O3. The molecule has 0 aromatic carbocycles. The van der Waals surface area contributed by atoms with Crippen molar-refractivity contribution in [1.82, 2.24) is 0 Å². The van der Waals surface area contributed by atoms with E-state index in [0.29, 0.717) is 12.0 Å². The van der Waals surface area contributed by atoms with Gasteiger partial charge in [0.25, 0.3) is 0 Å². The second-order valence-electron chi connectivity index (χ2n) is 3.95. The molecule has 0 bridgehead atoms. The Labute approximate surface area is 98.5 Å². The standard InChI is InChI=1S/C13H24O3/c1-4-6-8-9-11(13(15)16-3)12(14)10-7-5-2/h9,12,14H,4-8,10H2,1-3H3/b11-9+. The van der Waals surface area contributed by atoms with Crippen LogP contribution in [0.5, 0.6) is 0 Å². The smallest absolute Gasteiger partial charge is 0.336 e. The van der Waals surface area contributed by atoms with E-state index in [1.165, 1.54) is 7.11 Å². The molecule has 0 saturated heterocycles. The zero-order valence-electron chi connectivity index (χ0n) is 10.7. The van der Waals surface area contributed by atoms with Gasteiger partial charge in [0, 0.05) is 0 Å². The number of carbonyl (C=O) groups is 1. The maximum atomic E-state index is 11.5. The molecule has 0 fully saturated rings. The van der Waals surface area contributed by atoms with Gasteiger partial charge in [-0.2, -0.15) is 0 Å². The molecule has 0 aliphatic rings. The molecule has 0 heterocycles. The van der Waals surface area contributed by atoms with Crippen molar-refractivity contribution in [2.75, 3.05) is 7.11 Å². The third-order valence-corrected chi connectivity index (χ3v) is 2.53. The average molecular weight is 228 g/mol. The average Bonchev–Trinajstić information content (AvgIpc) is 2.30. The Morgan fingerprint density at radius 3 is 2.44 bits per heavy atom. The van der Waals surface area contributed by atoms with Gasteiger partial charge in [-0.3, -0.25) is 0 Å². The van der Waals surface area contributed by atoms with Gasteiger partial charge in [0.15, 0.2) is 0 Å². The van der Waals surface area contributed by atoms with Crippen LogP contribution in [0.1, 0.15) is 52.4 Å². The number of carbonyl (C=O) groups excluding carboxylic acids is 1. The van der Waals surface area contributed by atoms with E-state index >= 15 is 0 Å². The van der Waals surface area contributed by atoms with Gasteiger partial charge >= 0.3 is 5.97 Å². The Balaban J connectivity index is 4.40. The first-order chi connectivity index (χ1) is 7.67. The van der Waals surface area contributed by atoms with Gasteiger partial charge in [-0.25, -0.2) is 4.79 Å². The van der Waals surface area contributed by atoms with Crippen LogP contribution in [0.15, 0.2) is 11.6 Å². The SMILES string of the molecule is CCCC/C=C(/C(=O)OC)C(O)CCCC. The van der Waals surface area contributed by atoms with Crippen LogP contribution in [0.2, 0.25) is 0 Å². The zero-order chi connectivity index (χ0) is 12.4. The molecule has 94 valence electrons. The van der Waals surface area contributed by atoms with Crippen LogP contribution in [-0.2, 0) is 9.53 Å². The number of aliphatic hydroxyl groups is 1. The summed E-state index contributed by atoms with van der Waals surface area (Å²) >= 11 is 0. The Morgan fingerprint density at radius 1 is 1.31 bits per heavy atom. The van der Waals surface area contributed by atoms with E-state index in [2.05, 4.69) is 18.6 Å². The fourth-order valence-corrected chi connectivity index (χ4v) is 1.49. The summed E-state index contributed by atoms with van der Waals surface area (Å²) < 4.78 is 4.68. The number of esters is 1. The number of rotatable bonds is 8. The highest BCUT2D eigenvalue weighted by atomic mass is 16.5. The van der Waals surface area contributed by atoms with E-state index in [1.54, 1.807) is 0 Å². The Bertz CT molecular complexity index is 221. The lowest BCUT2D eigenvalue weighted by atomic mass is 10.0. The van der Waals surface area contributed by atoms with E-state index in [0.717, 1.165) is 32.1 Å². The summed E-state index contributed by atoms with van der Waals surface area (Å²) in [6.45, 7) is 4.16. The fraction of sp³-hybridized carbons (Fsp3) is 0.769. The Hall–Kier alpha value is -0.830. The summed E-state index contributed by atoms with van der Waals surface area (Å²) in [5.74, 6) is -0.403. The molecule has 0 rings (SSSR count). The normalized spacial score (nSPS) is 13.6. The zero-order valence-corrected chi connectivity index (χ0v) is 10.7. The molecule has 0 aromatic heterocycles. The number of aliphatic hydroxyl groups excluding tert-OH is 1. The van der Waals surface area contributed by atoms with E-state index in [4.69, 9.17) is 0 Å². The van der Waals surface area contributed by atoms with E-state index < -0.39 is 12.1 Å². The van der Waals surface area contributed by atoms with E-state index in [-0.39, 0.29) is 0 Å². The predicted octanol–water partition coefficient (Wildman–Crippen LogP) is 2.83. The van der Waals surface area contributed by atoms with Gasteiger partial charge in [0.05, 0.1) is 18.8 Å². The molecule has 0 aliphatic carbocycles. The third-order valence-electron chi connectivity index (χ3n) is 2.53. The summed E-state index contributed by atoms with van der Waals surface area (Å²) in [5, 5.41) is 9.87. The van der Waals surface area contributed by atoms with Gasteiger partial charge in [-0.05, 0) is 12.8 Å². The van der Waals surface area contributed by atoms with Crippen molar-refractivity contribution in [3.8, 4) is 0 Å². The first kappa shape index (κ1) is 15.2. The number of unbranched alkanes of at least 4 members (excludes halogenated alkanes) is 3. The molecule has 1 unspecified atom stereocenters. The lowest BCUT2D eigenvalue weighted by Crippen LogP contribution is -2.19. The van der Waals surface area contributed by atoms with Gasteiger partial charge in [-0.15, -0.1) is 0 Å². The highest BCUT2D eigenvalue weighted by molar-refractivity contribution is 5.89. The van der Waals surface area contributed by atoms with Crippen LogP contribution in [0.4, 0.5) is 0 Å². The van der Waals surface area contributed by atoms with Gasteiger partial charge < -0.3 is 9.84 Å². The molecule has 0 aliphatic heterocycles. The van der Waals surface area contributed by atoms with Gasteiger partial charge in [0.2, 0.25) is 0 Å². The molecular weight excluding hydrogens is 204 g/mol. The van der Waals surface area contributed by atoms with E-state index in [1.807, 2.05) is 6.08 Å². The van der Waals surface area contributed by atoms with Crippen LogP contribution < -0.4 is 0 Å². The van der Waals surface area contributed by atoms with Crippen molar-refractivity contribution in [3.63, 3.8) is 0 Å². The number of hydrogen-bond acceptors (Lipinski definition) is 3. The number of ether oxygens (including phenoxy) is 1. The van der Waals surface area contributed by atoms with Crippen molar-refractivity contribution in [3.05, 3.63) is 11.6 Å². The molecule has 16 heavy (non-hydrogen) atoms. The highest BCUT2D eigenvalue weighted by Gasteiger charge is 2.18. The summed E-state index contributed by atoms with van der Waals surface area (Å²) in [6, 6.07) is 0. The number of allylic oxidation sites excluding steroid dienone is 1. The van der Waals surface area contributed by atoms with Gasteiger partial charge in [0.1, 0.15) is 0 Å². The topological polar surface area (TPSA) is 46.5 Å². The largest absolute Gasteiger partial charge is 0.466 e. The lowest BCUT2D eigenvalue weighted by Gasteiger charge is -2.12. The summed E-state index contributed by atoms with van der Waals surface area (Å²) in [6.07, 6.45) is 6.63. The van der Waals surface area contributed by atoms with Crippen molar-refractivity contribution >= 4 is 5.97 Å². The maximum absolute atomic E-state index is 11.5. The summed E-state index contributed by atoms with van der Waals surface area (Å²) in [5.41, 5.74) is 0.421. The molecule has 0 radical (unpaired) electrons. The molecule has 0 amide bonds. The van der Waals surface area contributed by atoms with Crippen LogP contribution >= 0.6 is 0 Å². The fourth-order valence-electron chi connectivity index (χ4n) is 1.49. The first-order valence-electron chi connectivity index (χ1n) is 6.13. The Kier molecular flexibility index (Phi) is 8.91. The predicted molar refractivity (Wildman–Crippen MR) is 65.2 cm³/mol. The summed E-state index contributed by atoms with van der Waals surface area (Å²) in [4.78, 5) is 11.5. The van der Waals surface area contributed by atoms with Crippen molar-refractivity contribution in [2.24, 2.45) is 0 Å². The van der Waals surface area contributed by atoms with E-state index in [9.17, 15) is 9.90 Å². The van der Waals surface area contributed by atoms with Crippen LogP contribution in [0, 0.1) is 0 Å². The Morgan fingerprint density at radius 2 is 1.94 bits per heavy atom. The molecule has 3 nitrogen and oxygen atoms in total. The molecule has 1 N–H and O–H groups in total. The molecule has 3 heteroatoms. The molecule has 1 atom stereocenters. The number of hydrogen-bond donors (Lipinski definition) is 1. The first-order valence-corrected chi connectivity index (χ1v) is 6.13. The molecule has 0 saturated carbocycles. The second kappa shape index (κ2) is 9.40.